The number of amides is 1. The van der Waals surface area contributed by atoms with Gasteiger partial charge in [-0.2, -0.15) is 0 Å². The summed E-state index contributed by atoms with van der Waals surface area (Å²) in [5.41, 5.74) is 0. The van der Waals surface area contributed by atoms with Crippen molar-refractivity contribution in [1.29, 1.82) is 0 Å². The minimum absolute atomic E-state index is 0. The Morgan fingerprint density at radius 1 is 0.958 bits per heavy atom. The van der Waals surface area contributed by atoms with Crippen LogP contribution in [0.5, 0.6) is 0 Å². The first-order valence-corrected chi connectivity index (χ1v) is 15.4. The van der Waals surface area contributed by atoms with Gasteiger partial charge in [0, 0.05) is 40.3 Å². The summed E-state index contributed by atoms with van der Waals surface area (Å²) < 4.78 is 9.76. The number of rotatable bonds is 2. The summed E-state index contributed by atoms with van der Waals surface area (Å²) in [7, 11) is 0.631. The molecule has 24 heavy (non-hydrogen) atoms. The Hall–Kier alpha value is 0.381. The van der Waals surface area contributed by atoms with Crippen LogP contribution < -0.4 is 18.9 Å². The zero-order valence-electron chi connectivity index (χ0n) is 17.6. The van der Waals surface area contributed by atoms with Crippen molar-refractivity contribution in [3.63, 3.8) is 0 Å². The van der Waals surface area contributed by atoms with Crippen LogP contribution in [0.3, 0.4) is 0 Å². The number of likely N-dealkylation sites (tertiary alicyclic amines) is 1. The maximum absolute atomic E-state index is 10.5. The van der Waals surface area contributed by atoms with Crippen molar-refractivity contribution in [1.82, 2.24) is 4.90 Å². The molecule has 5 nitrogen and oxygen atoms in total. The number of hydrogen-bond donors (Lipinski definition) is 1. The molecule has 0 unspecified atom stereocenters. The Morgan fingerprint density at radius 2 is 1.38 bits per heavy atom. The largest absolute Gasteiger partial charge is 1.00 e. The van der Waals surface area contributed by atoms with E-state index in [1.54, 1.807) is 4.90 Å². The maximum Gasteiger partial charge on any atom is 1.00 e. The van der Waals surface area contributed by atoms with E-state index in [0.717, 1.165) is 39.7 Å². The first-order valence-electron chi connectivity index (χ1n) is 8.52. The molecule has 0 aromatic carbocycles. The number of hydrogen-bond acceptors (Lipinski definition) is 3. The first kappa shape index (κ1) is 29.2. The van der Waals surface area contributed by atoms with Gasteiger partial charge in [0.05, 0.1) is 0 Å². The van der Waals surface area contributed by atoms with Crippen LogP contribution in [-0.4, -0.2) is 66.3 Å². The van der Waals surface area contributed by atoms with E-state index in [9.17, 15) is 4.79 Å². The zero-order valence-corrected chi connectivity index (χ0v) is 19.6. The van der Waals surface area contributed by atoms with Gasteiger partial charge in [-0.15, -0.1) is 0 Å². The van der Waals surface area contributed by atoms with Crippen LogP contribution in [0.2, 0.25) is 39.3 Å². The molecule has 0 saturated carbocycles. The molecule has 2 aliphatic rings. The van der Waals surface area contributed by atoms with Crippen LogP contribution >= 0.6 is 0 Å². The van der Waals surface area contributed by atoms with Crippen LogP contribution in [0.4, 0.5) is 0 Å². The van der Waals surface area contributed by atoms with Gasteiger partial charge in [-0.25, -0.2) is 0 Å². The third-order valence-corrected chi connectivity index (χ3v) is 8.17. The van der Waals surface area contributed by atoms with Crippen molar-refractivity contribution in [3.8, 4) is 0 Å². The summed E-state index contributed by atoms with van der Waals surface area (Å²) in [6, 6.07) is 0. The van der Waals surface area contributed by atoms with E-state index in [1.165, 1.54) is 12.8 Å². The van der Waals surface area contributed by atoms with Gasteiger partial charge in [0.25, 0.3) is 0 Å². The third-order valence-electron chi connectivity index (χ3n) is 2.81. The number of aliphatic hydroxyl groups excluding tert-OH is 1. The molecule has 2 aliphatic heterocycles. The van der Waals surface area contributed by atoms with E-state index in [2.05, 4.69) is 39.3 Å². The van der Waals surface area contributed by atoms with Crippen LogP contribution in [0.15, 0.2) is 0 Å². The van der Waals surface area contributed by atoms with Crippen molar-refractivity contribution in [2.45, 2.75) is 65.0 Å². The van der Waals surface area contributed by atoms with Gasteiger partial charge in [0.15, 0.2) is 0 Å². The molecule has 2 rings (SSSR count). The number of aliphatic hydroxyl groups is 1. The number of carbonyl (C=O) groups excluding carboxylic acids is 1. The summed E-state index contributed by atoms with van der Waals surface area (Å²) in [5, 5.41) is 7.00. The maximum atomic E-state index is 10.5. The van der Waals surface area contributed by atoms with Crippen LogP contribution in [0.1, 0.15) is 25.7 Å². The van der Waals surface area contributed by atoms with Crippen molar-refractivity contribution < 1.29 is 33.5 Å². The van der Waals surface area contributed by atoms with Crippen molar-refractivity contribution in [2.75, 3.05) is 33.9 Å². The molecule has 0 aromatic heterocycles. The fraction of sp³-hybridized carbons (Fsp3) is 0.938. The molecule has 0 atom stereocenters. The standard InChI is InChI=1S/C6H18NSi2.C5H9NO.C4H8O.CH4O.Li/c1-8(2,3)7-9(4,5)6;1-6-4-2-3-5(6)7;1-2-4-5-3-1;1-2;/h1-6H3;2-4H2,1H3;1-4H2;2H,1H3;/q-1;;;;+1. The molecular formula is C16H39LiN2O3Si2. The Balaban J connectivity index is -0.000000263. The van der Waals surface area contributed by atoms with Crippen molar-refractivity contribution in [2.24, 2.45) is 0 Å². The van der Waals surface area contributed by atoms with Crippen molar-refractivity contribution in [3.05, 3.63) is 4.65 Å². The fourth-order valence-electron chi connectivity index (χ4n) is 2.30. The van der Waals surface area contributed by atoms with Crippen molar-refractivity contribution >= 4 is 22.4 Å². The summed E-state index contributed by atoms with van der Waals surface area (Å²) in [6.07, 6.45) is 4.37. The van der Waals surface area contributed by atoms with Gasteiger partial charge < -0.3 is 19.4 Å². The number of nitrogens with zero attached hydrogens (tertiary/aromatic N) is 2. The minimum Gasteiger partial charge on any atom is -0.668 e. The van der Waals surface area contributed by atoms with Crippen LogP contribution in [-0.2, 0) is 9.53 Å². The summed E-state index contributed by atoms with van der Waals surface area (Å²) >= 11 is 0. The summed E-state index contributed by atoms with van der Waals surface area (Å²) in [4.78, 5) is 12.3. The predicted octanol–water partition coefficient (Wildman–Crippen LogP) is 0.678. The third kappa shape index (κ3) is 22.4. The SMILES string of the molecule is C1CCOC1.CN1CCCC1=O.CO.C[Si](C)(C)[N-][Si](C)(C)C.[Li+]. The Morgan fingerprint density at radius 3 is 1.46 bits per heavy atom. The van der Waals surface area contributed by atoms with Gasteiger partial charge in [-0.1, -0.05) is 55.8 Å². The van der Waals surface area contributed by atoms with Crippen LogP contribution in [0, 0.1) is 0 Å². The van der Waals surface area contributed by atoms with E-state index in [1.807, 2.05) is 7.05 Å². The molecule has 140 valence electrons. The minimum atomic E-state index is -1.11. The second-order valence-corrected chi connectivity index (χ2v) is 17.3. The molecule has 0 radical (unpaired) electrons. The number of ether oxygens (including phenoxy) is 1. The molecular weight excluding hydrogens is 331 g/mol. The summed E-state index contributed by atoms with van der Waals surface area (Å²) in [6.45, 7) is 16.7. The molecule has 2 fully saturated rings. The van der Waals surface area contributed by atoms with Gasteiger partial charge in [0.1, 0.15) is 0 Å². The normalized spacial score (nSPS) is 16.7. The zero-order chi connectivity index (χ0) is 18.5. The number of carbonyl (C=O) groups is 1. The Labute approximate surface area is 164 Å². The van der Waals surface area contributed by atoms with Crippen LogP contribution in [0.25, 0.3) is 4.65 Å². The van der Waals surface area contributed by atoms with E-state index in [-0.39, 0.29) is 18.9 Å². The molecule has 2 saturated heterocycles. The topological polar surface area (TPSA) is 63.9 Å². The van der Waals surface area contributed by atoms with Gasteiger partial charge in [-0.3, -0.25) is 4.79 Å². The van der Waals surface area contributed by atoms with Gasteiger partial charge in [-0.05, 0) is 19.3 Å². The quantitative estimate of drug-likeness (QED) is 0.727. The average Bonchev–Trinajstić information content (AvgIpc) is 3.05. The molecule has 0 spiro atoms. The second-order valence-electron chi connectivity index (χ2n) is 7.69. The molecule has 0 aromatic rings. The molecule has 2 heterocycles. The molecule has 0 aliphatic carbocycles. The monoisotopic (exact) mass is 370 g/mol. The average molecular weight is 371 g/mol. The van der Waals surface area contributed by atoms with E-state index in [0.29, 0.717) is 5.91 Å². The second kappa shape index (κ2) is 15.6. The molecule has 1 N–H and O–H groups in total. The first-order chi connectivity index (χ1) is 10.5. The molecule has 8 heteroatoms. The Kier molecular flexibility index (Phi) is 19.0. The summed E-state index contributed by atoms with van der Waals surface area (Å²) in [5.74, 6) is 0.292. The van der Waals surface area contributed by atoms with E-state index in [4.69, 9.17) is 14.5 Å². The molecule has 0 bridgehead atoms. The fourth-order valence-corrected chi connectivity index (χ4v) is 10.3. The molecule has 1 amide bonds. The Bertz CT molecular complexity index is 285. The van der Waals surface area contributed by atoms with Gasteiger partial charge >= 0.3 is 18.9 Å². The van der Waals surface area contributed by atoms with E-state index < -0.39 is 16.5 Å². The van der Waals surface area contributed by atoms with Gasteiger partial charge in [0.2, 0.25) is 5.91 Å². The van der Waals surface area contributed by atoms with E-state index >= 15 is 0 Å². The smallest absolute Gasteiger partial charge is 0.668 e. The predicted molar refractivity (Wildman–Crippen MR) is 105 cm³/mol.